The summed E-state index contributed by atoms with van der Waals surface area (Å²) in [5.74, 6) is 1.08. The van der Waals surface area contributed by atoms with Gasteiger partial charge in [-0.3, -0.25) is 4.90 Å². The highest BCUT2D eigenvalue weighted by Gasteiger charge is 2.34. The van der Waals surface area contributed by atoms with E-state index in [2.05, 4.69) is 21.5 Å². The standard InChI is InChI=1S/C13H23N3O/c1-15(9-12-14-7-8-16(12)2)10-13(11-17)5-3-4-6-13/h7-8,17H,3-6,9-11H2,1-2H3. The van der Waals surface area contributed by atoms with E-state index < -0.39 is 0 Å². The smallest absolute Gasteiger partial charge is 0.122 e. The number of hydrogen-bond acceptors (Lipinski definition) is 3. The van der Waals surface area contributed by atoms with Gasteiger partial charge >= 0.3 is 0 Å². The molecule has 0 spiro atoms. The molecular formula is C13H23N3O. The van der Waals surface area contributed by atoms with E-state index in [1.165, 1.54) is 12.8 Å². The molecule has 4 nitrogen and oxygen atoms in total. The van der Waals surface area contributed by atoms with E-state index in [4.69, 9.17) is 0 Å². The number of aliphatic hydroxyl groups excluding tert-OH is 1. The van der Waals surface area contributed by atoms with Crippen molar-refractivity contribution < 1.29 is 5.11 Å². The van der Waals surface area contributed by atoms with E-state index in [-0.39, 0.29) is 5.41 Å². The van der Waals surface area contributed by atoms with Crippen LogP contribution >= 0.6 is 0 Å². The van der Waals surface area contributed by atoms with Crippen LogP contribution in [0.5, 0.6) is 0 Å². The normalized spacial score (nSPS) is 19.1. The predicted molar refractivity (Wildman–Crippen MR) is 67.5 cm³/mol. The fourth-order valence-corrected chi connectivity index (χ4v) is 2.91. The van der Waals surface area contributed by atoms with Crippen LogP contribution in [-0.2, 0) is 13.6 Å². The second kappa shape index (κ2) is 5.19. The third kappa shape index (κ3) is 2.87. The number of rotatable bonds is 5. The molecule has 0 saturated heterocycles. The van der Waals surface area contributed by atoms with Crippen molar-refractivity contribution in [3.05, 3.63) is 18.2 Å². The summed E-state index contributed by atoms with van der Waals surface area (Å²) >= 11 is 0. The average Bonchev–Trinajstić information content (AvgIpc) is 2.90. The summed E-state index contributed by atoms with van der Waals surface area (Å²) in [6.45, 7) is 2.14. The van der Waals surface area contributed by atoms with Crippen LogP contribution in [0.4, 0.5) is 0 Å². The minimum Gasteiger partial charge on any atom is -0.396 e. The Kier molecular flexibility index (Phi) is 3.84. The van der Waals surface area contributed by atoms with Crippen molar-refractivity contribution in [1.82, 2.24) is 14.5 Å². The highest BCUT2D eigenvalue weighted by Crippen LogP contribution is 2.38. The highest BCUT2D eigenvalue weighted by molar-refractivity contribution is 4.92. The second-order valence-corrected chi connectivity index (χ2v) is 5.49. The topological polar surface area (TPSA) is 41.3 Å². The van der Waals surface area contributed by atoms with Gasteiger partial charge in [-0.1, -0.05) is 12.8 Å². The maximum absolute atomic E-state index is 9.60. The van der Waals surface area contributed by atoms with Gasteiger partial charge in [0.1, 0.15) is 5.82 Å². The summed E-state index contributed by atoms with van der Waals surface area (Å²) in [6.07, 6.45) is 8.65. The SMILES string of the molecule is CN(Cc1nccn1C)CC1(CO)CCCC1. The molecule has 0 aliphatic heterocycles. The van der Waals surface area contributed by atoms with E-state index in [0.29, 0.717) is 6.61 Å². The van der Waals surface area contributed by atoms with Crippen LogP contribution in [0.25, 0.3) is 0 Å². The van der Waals surface area contributed by atoms with Gasteiger partial charge in [0, 0.05) is 38.0 Å². The lowest BCUT2D eigenvalue weighted by atomic mass is 9.87. The third-order valence-electron chi connectivity index (χ3n) is 3.94. The Morgan fingerprint density at radius 3 is 2.71 bits per heavy atom. The van der Waals surface area contributed by atoms with Gasteiger partial charge in [-0.25, -0.2) is 4.98 Å². The van der Waals surface area contributed by atoms with Crippen LogP contribution < -0.4 is 0 Å². The molecule has 17 heavy (non-hydrogen) atoms. The zero-order valence-corrected chi connectivity index (χ0v) is 10.9. The maximum Gasteiger partial charge on any atom is 0.122 e. The van der Waals surface area contributed by atoms with Gasteiger partial charge in [-0.2, -0.15) is 0 Å². The molecule has 0 unspecified atom stereocenters. The Balaban J connectivity index is 1.92. The van der Waals surface area contributed by atoms with Crippen LogP contribution in [0.15, 0.2) is 12.4 Å². The fourth-order valence-electron chi connectivity index (χ4n) is 2.91. The quantitative estimate of drug-likeness (QED) is 0.841. The summed E-state index contributed by atoms with van der Waals surface area (Å²) in [7, 11) is 4.14. The van der Waals surface area contributed by atoms with Crippen LogP contribution in [0.2, 0.25) is 0 Å². The van der Waals surface area contributed by atoms with Crippen LogP contribution in [0.3, 0.4) is 0 Å². The molecule has 4 heteroatoms. The van der Waals surface area contributed by atoms with E-state index in [0.717, 1.165) is 31.8 Å². The molecule has 2 rings (SSSR count). The lowest BCUT2D eigenvalue weighted by molar-refractivity contribution is 0.0851. The van der Waals surface area contributed by atoms with Crippen molar-refractivity contribution in [3.8, 4) is 0 Å². The van der Waals surface area contributed by atoms with Crippen molar-refractivity contribution in [2.45, 2.75) is 32.2 Å². The molecule has 1 fully saturated rings. The highest BCUT2D eigenvalue weighted by atomic mass is 16.3. The molecule has 1 aliphatic carbocycles. The Morgan fingerprint density at radius 2 is 2.18 bits per heavy atom. The first-order chi connectivity index (χ1) is 8.15. The second-order valence-electron chi connectivity index (χ2n) is 5.49. The van der Waals surface area contributed by atoms with Gasteiger partial charge in [0.15, 0.2) is 0 Å². The van der Waals surface area contributed by atoms with Crippen molar-refractivity contribution in [2.75, 3.05) is 20.2 Å². The van der Waals surface area contributed by atoms with Gasteiger partial charge in [-0.05, 0) is 19.9 Å². The number of hydrogen-bond donors (Lipinski definition) is 1. The number of aliphatic hydroxyl groups is 1. The number of imidazole rings is 1. The molecular weight excluding hydrogens is 214 g/mol. The maximum atomic E-state index is 9.60. The molecule has 1 N–H and O–H groups in total. The van der Waals surface area contributed by atoms with Gasteiger partial charge in [-0.15, -0.1) is 0 Å². The Hall–Kier alpha value is -0.870. The zero-order valence-electron chi connectivity index (χ0n) is 10.9. The molecule has 0 radical (unpaired) electrons. The van der Waals surface area contributed by atoms with Crippen molar-refractivity contribution in [1.29, 1.82) is 0 Å². The van der Waals surface area contributed by atoms with Gasteiger partial charge in [0.05, 0.1) is 6.54 Å². The van der Waals surface area contributed by atoms with E-state index in [1.54, 1.807) is 0 Å². The fraction of sp³-hybridized carbons (Fsp3) is 0.769. The number of nitrogens with zero attached hydrogens (tertiary/aromatic N) is 3. The summed E-state index contributed by atoms with van der Waals surface area (Å²) in [6, 6.07) is 0. The lowest BCUT2D eigenvalue weighted by Gasteiger charge is -2.31. The molecule has 1 heterocycles. The Labute approximate surface area is 103 Å². The van der Waals surface area contributed by atoms with Crippen molar-refractivity contribution in [2.24, 2.45) is 12.5 Å². The molecule has 1 saturated carbocycles. The number of aryl methyl sites for hydroxylation is 1. The third-order valence-corrected chi connectivity index (χ3v) is 3.94. The van der Waals surface area contributed by atoms with Crippen LogP contribution in [0.1, 0.15) is 31.5 Å². The molecule has 0 atom stereocenters. The molecule has 1 aromatic rings. The number of aromatic nitrogens is 2. The van der Waals surface area contributed by atoms with Gasteiger partial charge in [0.2, 0.25) is 0 Å². The van der Waals surface area contributed by atoms with Gasteiger partial charge in [0.25, 0.3) is 0 Å². The lowest BCUT2D eigenvalue weighted by Crippen LogP contribution is -2.36. The van der Waals surface area contributed by atoms with E-state index in [9.17, 15) is 5.11 Å². The van der Waals surface area contributed by atoms with Crippen LogP contribution in [-0.4, -0.2) is 39.8 Å². The summed E-state index contributed by atoms with van der Waals surface area (Å²) in [5.41, 5.74) is 0.139. The summed E-state index contributed by atoms with van der Waals surface area (Å²) in [5, 5.41) is 9.60. The average molecular weight is 237 g/mol. The zero-order chi connectivity index (χ0) is 12.3. The summed E-state index contributed by atoms with van der Waals surface area (Å²) in [4.78, 5) is 6.62. The minimum atomic E-state index is 0.139. The summed E-state index contributed by atoms with van der Waals surface area (Å²) < 4.78 is 2.05. The molecule has 0 amide bonds. The molecule has 0 bridgehead atoms. The molecule has 1 aliphatic rings. The largest absolute Gasteiger partial charge is 0.396 e. The van der Waals surface area contributed by atoms with Crippen molar-refractivity contribution in [3.63, 3.8) is 0 Å². The molecule has 1 aromatic heterocycles. The van der Waals surface area contributed by atoms with E-state index in [1.807, 2.05) is 19.4 Å². The molecule has 96 valence electrons. The van der Waals surface area contributed by atoms with Crippen molar-refractivity contribution >= 4 is 0 Å². The monoisotopic (exact) mass is 237 g/mol. The first-order valence-corrected chi connectivity index (χ1v) is 6.41. The minimum absolute atomic E-state index is 0.139. The van der Waals surface area contributed by atoms with Gasteiger partial charge < -0.3 is 9.67 Å². The molecule has 0 aromatic carbocycles. The first-order valence-electron chi connectivity index (χ1n) is 6.41. The first kappa shape index (κ1) is 12.6. The Bertz CT molecular complexity index is 355. The Morgan fingerprint density at radius 1 is 1.47 bits per heavy atom. The predicted octanol–water partition coefficient (Wildman–Crippen LogP) is 1.40. The van der Waals surface area contributed by atoms with Crippen LogP contribution in [0, 0.1) is 5.41 Å². The van der Waals surface area contributed by atoms with E-state index >= 15 is 0 Å².